The first-order chi connectivity index (χ1) is 11.8. The molecule has 0 radical (unpaired) electrons. The first-order valence-corrected chi connectivity index (χ1v) is 8.90. The van der Waals surface area contributed by atoms with E-state index < -0.39 is 20.6 Å². The molecule has 25 heavy (non-hydrogen) atoms. The molecule has 132 valence electrons. The maximum Gasteiger partial charge on any atom is 0.210 e. The van der Waals surface area contributed by atoms with Crippen molar-refractivity contribution in [1.82, 2.24) is 4.90 Å². The number of hydrogen-bond donors (Lipinski definition) is 3. The Morgan fingerprint density at radius 1 is 1.44 bits per heavy atom. The average molecular weight is 361 g/mol. The number of nitriles is 1. The molecule has 1 aromatic heterocycles. The highest BCUT2D eigenvalue weighted by atomic mass is 32.2. The van der Waals surface area contributed by atoms with Crippen LogP contribution >= 0.6 is 0 Å². The van der Waals surface area contributed by atoms with Gasteiger partial charge >= 0.3 is 0 Å². The number of sulfone groups is 1. The van der Waals surface area contributed by atoms with E-state index in [2.05, 4.69) is 5.32 Å². The molecule has 0 spiro atoms. The Labute approximate surface area is 145 Å². The van der Waals surface area contributed by atoms with E-state index >= 15 is 0 Å². The maximum atomic E-state index is 12.4. The molecule has 0 aliphatic heterocycles. The summed E-state index contributed by atoms with van der Waals surface area (Å²) in [6.07, 6.45) is 2.58. The van der Waals surface area contributed by atoms with Crippen LogP contribution in [-0.4, -0.2) is 26.2 Å². The summed E-state index contributed by atoms with van der Waals surface area (Å²) in [6.45, 7) is 1.83. The van der Waals surface area contributed by atoms with Crippen molar-refractivity contribution in [2.45, 2.75) is 6.92 Å². The molecule has 0 amide bonds. The standard InChI is InChI=1S/C16H19N5O3S/c1-11-7-12-8-13(3-4-14(12)24-11)20-16(19)15(9-18)25(22,23)10-21(2)6-5-17/h3-8,20H,10,17,19H2,1-2H3/b6-5-,16-15+. The van der Waals surface area contributed by atoms with E-state index in [9.17, 15) is 13.7 Å². The molecular weight excluding hydrogens is 342 g/mol. The molecular formula is C16H19N5O3S. The van der Waals surface area contributed by atoms with Crippen LogP contribution in [0.3, 0.4) is 0 Å². The molecule has 0 saturated carbocycles. The second-order valence-corrected chi connectivity index (χ2v) is 7.33. The summed E-state index contributed by atoms with van der Waals surface area (Å²) < 4.78 is 30.2. The fourth-order valence-electron chi connectivity index (χ4n) is 2.29. The Morgan fingerprint density at radius 3 is 2.80 bits per heavy atom. The molecule has 0 saturated heterocycles. The first kappa shape index (κ1) is 18.2. The van der Waals surface area contributed by atoms with E-state index in [0.29, 0.717) is 11.3 Å². The Hall–Kier alpha value is -3.12. The van der Waals surface area contributed by atoms with Crippen molar-refractivity contribution in [3.8, 4) is 6.07 Å². The van der Waals surface area contributed by atoms with Gasteiger partial charge in [0.2, 0.25) is 9.84 Å². The van der Waals surface area contributed by atoms with Crippen LogP contribution in [-0.2, 0) is 9.84 Å². The second kappa shape index (κ2) is 7.19. The minimum absolute atomic E-state index is 0.243. The number of nitrogens with one attached hydrogen (secondary N) is 1. The SMILES string of the molecule is Cc1cc2cc(N/C(N)=C(\C#N)S(=O)(=O)CN(C)/C=C\N)ccc2o1. The summed E-state index contributed by atoms with van der Waals surface area (Å²) in [4.78, 5) is 0.800. The molecule has 0 aliphatic rings. The van der Waals surface area contributed by atoms with Crippen molar-refractivity contribution in [3.63, 3.8) is 0 Å². The van der Waals surface area contributed by atoms with Gasteiger partial charge in [-0.3, -0.25) is 0 Å². The maximum absolute atomic E-state index is 12.4. The smallest absolute Gasteiger partial charge is 0.210 e. The van der Waals surface area contributed by atoms with Gasteiger partial charge in [0.25, 0.3) is 0 Å². The Bertz CT molecular complexity index is 983. The average Bonchev–Trinajstić information content (AvgIpc) is 2.86. The molecule has 0 unspecified atom stereocenters. The predicted molar refractivity (Wildman–Crippen MR) is 96.3 cm³/mol. The fourth-order valence-corrected chi connectivity index (χ4v) is 3.56. The summed E-state index contributed by atoms with van der Waals surface area (Å²) >= 11 is 0. The zero-order valence-corrected chi connectivity index (χ0v) is 14.7. The van der Waals surface area contributed by atoms with Gasteiger partial charge < -0.3 is 26.1 Å². The second-order valence-electron chi connectivity index (χ2n) is 5.43. The molecule has 2 rings (SSSR count). The van der Waals surface area contributed by atoms with Crippen LogP contribution in [0.15, 0.2) is 51.8 Å². The van der Waals surface area contributed by atoms with Crippen LogP contribution in [0.2, 0.25) is 0 Å². The topological polar surface area (TPSA) is 138 Å². The summed E-state index contributed by atoms with van der Waals surface area (Å²) in [7, 11) is -2.40. The lowest BCUT2D eigenvalue weighted by molar-refractivity contribution is 0.507. The number of nitrogens with two attached hydrogens (primary N) is 2. The molecule has 8 nitrogen and oxygen atoms in total. The molecule has 2 aromatic rings. The highest BCUT2D eigenvalue weighted by molar-refractivity contribution is 7.95. The lowest BCUT2D eigenvalue weighted by Gasteiger charge is -2.15. The highest BCUT2D eigenvalue weighted by Gasteiger charge is 2.23. The number of nitrogens with zero attached hydrogens (tertiary/aromatic N) is 2. The molecule has 1 heterocycles. The van der Waals surface area contributed by atoms with Gasteiger partial charge in [0.15, 0.2) is 4.91 Å². The zero-order chi connectivity index (χ0) is 18.6. The summed E-state index contributed by atoms with van der Waals surface area (Å²) in [5, 5.41) is 12.8. The number of anilines is 1. The lowest BCUT2D eigenvalue weighted by Crippen LogP contribution is -2.25. The van der Waals surface area contributed by atoms with E-state index in [4.69, 9.17) is 15.9 Å². The fraction of sp³-hybridized carbons (Fsp3) is 0.188. The number of furan rings is 1. The number of aryl methyl sites for hydroxylation is 1. The van der Waals surface area contributed by atoms with Gasteiger partial charge in [-0.1, -0.05) is 0 Å². The van der Waals surface area contributed by atoms with Gasteiger partial charge in [-0.05, 0) is 31.2 Å². The monoisotopic (exact) mass is 361 g/mol. The third kappa shape index (κ3) is 4.24. The van der Waals surface area contributed by atoms with Crippen molar-refractivity contribution in [2.24, 2.45) is 11.5 Å². The molecule has 0 bridgehead atoms. The van der Waals surface area contributed by atoms with Crippen molar-refractivity contribution in [3.05, 3.63) is 53.2 Å². The number of fused-ring (bicyclic) bond motifs is 1. The van der Waals surface area contributed by atoms with Gasteiger partial charge in [0, 0.05) is 30.5 Å². The lowest BCUT2D eigenvalue weighted by atomic mass is 10.2. The van der Waals surface area contributed by atoms with Crippen molar-refractivity contribution in [1.29, 1.82) is 5.26 Å². The Balaban J connectivity index is 2.32. The zero-order valence-electron chi connectivity index (χ0n) is 13.9. The Morgan fingerprint density at radius 2 is 2.16 bits per heavy atom. The number of allylic oxidation sites excluding steroid dienone is 1. The third-order valence-corrected chi connectivity index (χ3v) is 4.97. The van der Waals surface area contributed by atoms with E-state index in [-0.39, 0.29) is 5.82 Å². The van der Waals surface area contributed by atoms with Gasteiger partial charge in [0.1, 0.15) is 29.1 Å². The van der Waals surface area contributed by atoms with E-state index in [0.717, 1.165) is 11.1 Å². The van der Waals surface area contributed by atoms with Crippen molar-refractivity contribution >= 4 is 26.5 Å². The number of rotatable bonds is 6. The molecule has 0 fully saturated rings. The first-order valence-electron chi connectivity index (χ1n) is 7.25. The Kier molecular flexibility index (Phi) is 5.24. The van der Waals surface area contributed by atoms with Crippen molar-refractivity contribution < 1.29 is 12.8 Å². The van der Waals surface area contributed by atoms with Crippen LogP contribution in [0.4, 0.5) is 5.69 Å². The van der Waals surface area contributed by atoms with Gasteiger partial charge in [-0.25, -0.2) is 8.42 Å². The van der Waals surface area contributed by atoms with E-state index in [1.807, 2.05) is 13.0 Å². The van der Waals surface area contributed by atoms with E-state index in [1.54, 1.807) is 24.3 Å². The summed E-state index contributed by atoms with van der Waals surface area (Å²) in [5.41, 5.74) is 12.3. The van der Waals surface area contributed by atoms with Crippen LogP contribution < -0.4 is 16.8 Å². The van der Waals surface area contributed by atoms with Gasteiger partial charge in [0.05, 0.1) is 0 Å². The molecule has 0 atom stereocenters. The number of hydrogen-bond acceptors (Lipinski definition) is 8. The van der Waals surface area contributed by atoms with Gasteiger partial charge in [-0.15, -0.1) is 0 Å². The normalized spacial score (nSPS) is 12.8. The summed E-state index contributed by atoms with van der Waals surface area (Å²) in [6, 6.07) is 8.67. The predicted octanol–water partition coefficient (Wildman–Crippen LogP) is 1.54. The minimum atomic E-state index is -3.92. The van der Waals surface area contributed by atoms with Crippen LogP contribution in [0.25, 0.3) is 11.0 Å². The van der Waals surface area contributed by atoms with Crippen molar-refractivity contribution in [2.75, 3.05) is 18.2 Å². The molecule has 0 aliphatic carbocycles. The molecule has 5 N–H and O–H groups in total. The summed E-state index contributed by atoms with van der Waals surface area (Å²) in [5.74, 6) is 0.0884. The van der Waals surface area contributed by atoms with Crippen LogP contribution in [0, 0.1) is 18.3 Å². The van der Waals surface area contributed by atoms with Gasteiger partial charge in [-0.2, -0.15) is 5.26 Å². The number of benzene rings is 1. The molecule has 1 aromatic carbocycles. The van der Waals surface area contributed by atoms with Crippen LogP contribution in [0.1, 0.15) is 5.76 Å². The van der Waals surface area contributed by atoms with E-state index in [1.165, 1.54) is 24.3 Å². The minimum Gasteiger partial charge on any atom is -0.461 e. The third-order valence-electron chi connectivity index (χ3n) is 3.29. The highest BCUT2D eigenvalue weighted by Crippen LogP contribution is 2.23. The largest absolute Gasteiger partial charge is 0.461 e. The van der Waals surface area contributed by atoms with Crippen LogP contribution in [0.5, 0.6) is 0 Å². The molecule has 9 heteroatoms. The quantitative estimate of drug-likeness (QED) is 0.659.